The number of anilines is 3. The number of pyridine rings is 2. The van der Waals surface area contributed by atoms with E-state index in [4.69, 9.17) is 32.5 Å². The number of aromatic nitrogens is 4. The van der Waals surface area contributed by atoms with E-state index >= 15 is 4.39 Å². The summed E-state index contributed by atoms with van der Waals surface area (Å²) in [4.78, 5) is 20.4. The fourth-order valence-corrected chi connectivity index (χ4v) is 7.37. The number of ether oxygens (including phenoxy) is 3. The SMILES string of the molecule is Cc1cc(N)nc(-c2c(Cl)c3c4c(nc(OC[C@H]5CC[C@@H]6COC(F)(F)CN56)nc4c2F)N([C@H](C)c2cccnc2N)CCO3)c1C(F)(F)F. The number of benzene rings is 1. The lowest BCUT2D eigenvalue weighted by Crippen LogP contribution is -2.53. The summed E-state index contributed by atoms with van der Waals surface area (Å²) in [5, 5.41) is -0.518. The van der Waals surface area contributed by atoms with Crippen LogP contribution in [0.15, 0.2) is 24.4 Å². The van der Waals surface area contributed by atoms with Crippen molar-refractivity contribution in [1.29, 1.82) is 0 Å². The second-order valence-corrected chi connectivity index (χ2v) is 12.9. The van der Waals surface area contributed by atoms with Gasteiger partial charge in [0.15, 0.2) is 11.6 Å². The van der Waals surface area contributed by atoms with Gasteiger partial charge >= 0.3 is 18.3 Å². The number of rotatable bonds is 6. The highest BCUT2D eigenvalue weighted by Gasteiger charge is 2.47. The Balaban J connectivity index is 1.41. The number of fused-ring (bicyclic) bond motifs is 1. The van der Waals surface area contributed by atoms with Crippen LogP contribution in [-0.2, 0) is 10.9 Å². The highest BCUT2D eigenvalue weighted by molar-refractivity contribution is 6.36. The molecule has 3 aliphatic rings. The molecule has 0 unspecified atom stereocenters. The lowest BCUT2D eigenvalue weighted by molar-refractivity contribution is -0.281. The molecule has 266 valence electrons. The van der Waals surface area contributed by atoms with Crippen LogP contribution in [0.2, 0.25) is 5.02 Å². The van der Waals surface area contributed by atoms with Crippen LogP contribution in [-0.4, -0.2) is 75.9 Å². The third kappa shape index (κ3) is 5.94. The first-order valence-electron chi connectivity index (χ1n) is 15.7. The normalized spacial score (nSPS) is 21.1. The minimum absolute atomic E-state index is 0.0293. The van der Waals surface area contributed by atoms with E-state index in [1.54, 1.807) is 21.9 Å². The number of nitrogens with two attached hydrogens (primary N) is 2. The van der Waals surface area contributed by atoms with Crippen molar-refractivity contribution in [1.82, 2.24) is 24.8 Å². The number of nitrogens with zero attached hydrogens (tertiary/aromatic N) is 6. The molecule has 3 aromatic heterocycles. The van der Waals surface area contributed by atoms with Crippen LogP contribution in [0.5, 0.6) is 11.8 Å². The van der Waals surface area contributed by atoms with E-state index in [1.165, 1.54) is 13.1 Å². The van der Waals surface area contributed by atoms with Crippen molar-refractivity contribution in [2.24, 2.45) is 0 Å². The van der Waals surface area contributed by atoms with Gasteiger partial charge in [-0.2, -0.15) is 31.9 Å². The van der Waals surface area contributed by atoms with E-state index in [2.05, 4.69) is 24.7 Å². The standard InChI is InChI=1S/C32H31ClF6N8O3/c1-14-10-19(40)43-25(22(14)32(37,38)39)20-23(33)27-21-26(24(20)34)44-30(49-11-16-5-6-17-12-50-31(35,36)13-47(16)17)45-29(21)46(8-9-48-27)15(2)18-4-3-7-42-28(18)41/h3-4,7,10,15-17H,5-6,8-9,11-13H2,1-2H3,(H2,40,43)(H2,41,42)/t15-,16-,17-/m1/s1. The van der Waals surface area contributed by atoms with Gasteiger partial charge in [-0.25, -0.2) is 14.4 Å². The van der Waals surface area contributed by atoms with E-state index in [0.717, 1.165) is 6.07 Å². The van der Waals surface area contributed by atoms with Gasteiger partial charge in [-0.3, -0.25) is 4.90 Å². The average Bonchev–Trinajstić information content (AvgIpc) is 3.32. The molecule has 4 N–H and O–H groups in total. The highest BCUT2D eigenvalue weighted by Crippen LogP contribution is 2.51. The molecule has 4 aromatic rings. The number of hydrogen-bond acceptors (Lipinski definition) is 11. The predicted molar refractivity (Wildman–Crippen MR) is 172 cm³/mol. The third-order valence-corrected chi connectivity index (χ3v) is 9.73. The van der Waals surface area contributed by atoms with Gasteiger partial charge in [0, 0.05) is 23.8 Å². The summed E-state index contributed by atoms with van der Waals surface area (Å²) in [5.74, 6) is -1.39. The molecule has 0 amide bonds. The quantitative estimate of drug-likeness (QED) is 0.221. The van der Waals surface area contributed by atoms with Crippen molar-refractivity contribution < 1.29 is 40.6 Å². The van der Waals surface area contributed by atoms with E-state index in [-0.39, 0.29) is 72.6 Å². The number of aryl methyl sites for hydroxylation is 1. The number of hydrogen-bond donors (Lipinski definition) is 2. The zero-order valence-electron chi connectivity index (χ0n) is 26.7. The van der Waals surface area contributed by atoms with Crippen LogP contribution in [0.4, 0.5) is 43.8 Å². The first kappa shape index (κ1) is 34.1. The molecule has 0 spiro atoms. The third-order valence-electron chi connectivity index (χ3n) is 9.37. The van der Waals surface area contributed by atoms with Crippen molar-refractivity contribution in [2.45, 2.75) is 57.1 Å². The number of halogens is 7. The van der Waals surface area contributed by atoms with E-state index in [1.807, 2.05) is 6.92 Å². The molecule has 6 heterocycles. The van der Waals surface area contributed by atoms with Crippen molar-refractivity contribution >= 4 is 40.0 Å². The van der Waals surface area contributed by atoms with Gasteiger partial charge in [-0.15, -0.1) is 0 Å². The maximum Gasteiger partial charge on any atom is 0.418 e. The summed E-state index contributed by atoms with van der Waals surface area (Å²) in [6.45, 7) is 2.17. The van der Waals surface area contributed by atoms with Crippen LogP contribution in [0.3, 0.4) is 0 Å². The van der Waals surface area contributed by atoms with Gasteiger partial charge in [0.2, 0.25) is 0 Å². The second-order valence-electron chi connectivity index (χ2n) is 12.5. The summed E-state index contributed by atoms with van der Waals surface area (Å²) in [6, 6.07) is 2.90. The van der Waals surface area contributed by atoms with Crippen molar-refractivity contribution in [2.75, 3.05) is 49.3 Å². The Bertz CT molecular complexity index is 1990. The van der Waals surface area contributed by atoms with Gasteiger partial charge in [0.25, 0.3) is 0 Å². The fraction of sp³-hybridized carbons (Fsp3) is 0.438. The summed E-state index contributed by atoms with van der Waals surface area (Å²) in [7, 11) is 0. The molecule has 2 fully saturated rings. The van der Waals surface area contributed by atoms with Crippen molar-refractivity contribution in [3.8, 4) is 23.0 Å². The van der Waals surface area contributed by atoms with Gasteiger partial charge < -0.3 is 30.6 Å². The molecule has 2 saturated heterocycles. The molecule has 1 aromatic carbocycles. The minimum Gasteiger partial charge on any atom is -0.489 e. The number of alkyl halides is 5. The Morgan fingerprint density at radius 3 is 2.70 bits per heavy atom. The Labute approximate surface area is 286 Å². The Hall–Kier alpha value is -4.35. The van der Waals surface area contributed by atoms with E-state index in [0.29, 0.717) is 18.4 Å². The summed E-state index contributed by atoms with van der Waals surface area (Å²) >= 11 is 6.75. The van der Waals surface area contributed by atoms with Gasteiger partial charge in [0.1, 0.15) is 36.2 Å². The Morgan fingerprint density at radius 1 is 1.18 bits per heavy atom. The highest BCUT2D eigenvalue weighted by atomic mass is 35.5. The van der Waals surface area contributed by atoms with Crippen molar-refractivity contribution in [3.05, 3.63) is 51.9 Å². The molecule has 11 nitrogen and oxygen atoms in total. The molecular weight excluding hydrogens is 694 g/mol. The largest absolute Gasteiger partial charge is 0.489 e. The van der Waals surface area contributed by atoms with Gasteiger partial charge in [0.05, 0.1) is 53.0 Å². The molecule has 3 aliphatic heterocycles. The van der Waals surface area contributed by atoms with Crippen LogP contribution in [0.1, 0.15) is 42.5 Å². The molecule has 0 bridgehead atoms. The Kier molecular flexibility index (Phi) is 8.50. The Morgan fingerprint density at radius 2 is 1.96 bits per heavy atom. The first-order chi connectivity index (χ1) is 23.6. The first-order valence-corrected chi connectivity index (χ1v) is 16.1. The van der Waals surface area contributed by atoms with Gasteiger partial charge in [-0.1, -0.05) is 17.7 Å². The zero-order valence-corrected chi connectivity index (χ0v) is 27.5. The lowest BCUT2D eigenvalue weighted by atomic mass is 9.98. The fourth-order valence-electron chi connectivity index (χ4n) is 7.05. The maximum atomic E-state index is 17.0. The van der Waals surface area contributed by atoms with Crippen molar-refractivity contribution in [3.63, 3.8) is 0 Å². The monoisotopic (exact) mass is 724 g/mol. The second kappa shape index (κ2) is 12.5. The minimum atomic E-state index is -4.96. The molecule has 0 saturated carbocycles. The summed E-state index contributed by atoms with van der Waals surface area (Å²) < 4.78 is 105. The lowest BCUT2D eigenvalue weighted by Gasteiger charge is -2.37. The zero-order chi connectivity index (χ0) is 35.7. The average molecular weight is 725 g/mol. The molecule has 50 heavy (non-hydrogen) atoms. The topological polar surface area (TPSA) is 138 Å². The maximum absolute atomic E-state index is 17.0. The van der Waals surface area contributed by atoms with Crippen LogP contribution in [0.25, 0.3) is 22.2 Å². The van der Waals surface area contributed by atoms with E-state index in [9.17, 15) is 22.0 Å². The van der Waals surface area contributed by atoms with Crippen LogP contribution >= 0.6 is 11.6 Å². The molecule has 0 aliphatic carbocycles. The smallest absolute Gasteiger partial charge is 0.418 e. The molecule has 7 rings (SSSR count). The summed E-state index contributed by atoms with van der Waals surface area (Å²) in [6.07, 6.45) is -5.66. The van der Waals surface area contributed by atoms with Crippen LogP contribution < -0.4 is 25.8 Å². The van der Waals surface area contributed by atoms with Gasteiger partial charge in [-0.05, 0) is 44.4 Å². The van der Waals surface area contributed by atoms with E-state index < -0.39 is 64.1 Å². The predicted octanol–water partition coefficient (Wildman–Crippen LogP) is 6.17. The molecule has 18 heteroatoms. The number of nitrogen functional groups attached to an aromatic ring is 2. The molecular formula is C32H31ClF6N8O3. The molecule has 3 atom stereocenters. The molecule has 0 radical (unpaired) electrons. The number of morpholine rings is 1. The van der Waals surface area contributed by atoms with Crippen LogP contribution in [0, 0.1) is 12.7 Å². The summed E-state index contributed by atoms with van der Waals surface area (Å²) in [5.41, 5.74) is 9.10.